The van der Waals surface area contributed by atoms with E-state index in [4.69, 9.17) is 0 Å². The van der Waals surface area contributed by atoms with E-state index >= 15 is 0 Å². The van der Waals surface area contributed by atoms with Crippen molar-refractivity contribution in [1.82, 2.24) is 14.6 Å². The molecule has 19 heavy (non-hydrogen) atoms. The molecule has 0 spiro atoms. The Morgan fingerprint density at radius 2 is 2.21 bits per heavy atom. The van der Waals surface area contributed by atoms with E-state index in [1.54, 1.807) is 6.20 Å². The van der Waals surface area contributed by atoms with Gasteiger partial charge >= 0.3 is 0 Å². The highest BCUT2D eigenvalue weighted by atomic mass is 16.3. The molecule has 0 aromatic carbocycles. The van der Waals surface area contributed by atoms with E-state index in [0.717, 1.165) is 43.0 Å². The zero-order chi connectivity index (χ0) is 13.0. The molecule has 2 aromatic heterocycles. The van der Waals surface area contributed by atoms with Crippen LogP contribution in [-0.4, -0.2) is 38.9 Å². The number of hydrogen-bond donors (Lipinski definition) is 1. The molecule has 0 bridgehead atoms. The minimum Gasteiger partial charge on any atom is -0.393 e. The van der Waals surface area contributed by atoms with Crippen LogP contribution in [0.1, 0.15) is 18.5 Å². The molecule has 2 aromatic rings. The Hall–Kier alpha value is -1.62. The molecule has 3 heterocycles. The summed E-state index contributed by atoms with van der Waals surface area (Å²) in [4.78, 5) is 6.85. The van der Waals surface area contributed by atoms with Crippen LogP contribution in [0.4, 0.5) is 5.82 Å². The molecule has 2 fully saturated rings. The molecule has 3 atom stereocenters. The van der Waals surface area contributed by atoms with Crippen molar-refractivity contribution < 1.29 is 5.11 Å². The average Bonchev–Trinajstić information content (AvgIpc) is 3.04. The van der Waals surface area contributed by atoms with Crippen LogP contribution in [0.3, 0.4) is 0 Å². The van der Waals surface area contributed by atoms with E-state index in [9.17, 15) is 5.11 Å². The van der Waals surface area contributed by atoms with Gasteiger partial charge in [-0.1, -0.05) is 0 Å². The molecule has 2 aliphatic rings. The van der Waals surface area contributed by atoms with Crippen molar-refractivity contribution >= 4 is 11.3 Å². The number of fused-ring (bicyclic) bond motifs is 2. The number of nitrogens with zero attached hydrogens (tertiary/aromatic N) is 4. The first kappa shape index (κ1) is 11.2. The molecule has 3 unspecified atom stereocenters. The first-order chi connectivity index (χ1) is 9.22. The van der Waals surface area contributed by atoms with Gasteiger partial charge in [0.05, 0.1) is 11.8 Å². The number of aromatic nitrogens is 3. The van der Waals surface area contributed by atoms with E-state index in [1.165, 1.54) is 0 Å². The number of aliphatic hydroxyl groups excluding tert-OH is 1. The first-order valence-electron chi connectivity index (χ1n) is 6.96. The van der Waals surface area contributed by atoms with Crippen LogP contribution < -0.4 is 4.90 Å². The minimum atomic E-state index is -0.124. The topological polar surface area (TPSA) is 53.7 Å². The SMILES string of the molecule is Cc1cc2c(N3CC4CCC(O)C4C3)nccn2n1. The van der Waals surface area contributed by atoms with Gasteiger partial charge in [0, 0.05) is 31.4 Å². The van der Waals surface area contributed by atoms with Crippen LogP contribution in [0, 0.1) is 18.8 Å². The Balaban J connectivity index is 1.72. The monoisotopic (exact) mass is 258 g/mol. The van der Waals surface area contributed by atoms with Crippen molar-refractivity contribution in [1.29, 1.82) is 0 Å². The summed E-state index contributed by atoms with van der Waals surface area (Å²) in [5.74, 6) is 2.05. The predicted octanol–water partition coefficient (Wildman–Crippen LogP) is 1.24. The van der Waals surface area contributed by atoms with Crippen molar-refractivity contribution in [3.05, 3.63) is 24.2 Å². The molecule has 1 saturated heterocycles. The summed E-state index contributed by atoms with van der Waals surface area (Å²) in [6.45, 7) is 3.93. The average molecular weight is 258 g/mol. The third-order valence-electron chi connectivity index (χ3n) is 4.61. The number of rotatable bonds is 1. The quantitative estimate of drug-likeness (QED) is 0.836. The highest BCUT2D eigenvalue weighted by Gasteiger charge is 2.42. The van der Waals surface area contributed by atoms with Gasteiger partial charge in [-0.25, -0.2) is 9.50 Å². The van der Waals surface area contributed by atoms with Crippen LogP contribution >= 0.6 is 0 Å². The van der Waals surface area contributed by atoms with Gasteiger partial charge in [0.2, 0.25) is 0 Å². The molecular formula is C14H18N4O. The third kappa shape index (κ3) is 1.64. The number of anilines is 1. The molecule has 0 radical (unpaired) electrons. The highest BCUT2D eigenvalue weighted by molar-refractivity contribution is 5.69. The maximum absolute atomic E-state index is 10.0. The largest absolute Gasteiger partial charge is 0.393 e. The van der Waals surface area contributed by atoms with Gasteiger partial charge in [0.15, 0.2) is 5.82 Å². The zero-order valence-electron chi connectivity index (χ0n) is 11.0. The van der Waals surface area contributed by atoms with Crippen molar-refractivity contribution in [3.8, 4) is 0 Å². The highest BCUT2D eigenvalue weighted by Crippen LogP contribution is 2.40. The Kier molecular flexibility index (Phi) is 2.33. The summed E-state index contributed by atoms with van der Waals surface area (Å²) in [6, 6.07) is 2.08. The van der Waals surface area contributed by atoms with Gasteiger partial charge in [-0.15, -0.1) is 0 Å². The summed E-state index contributed by atoms with van der Waals surface area (Å²) in [7, 11) is 0. The minimum absolute atomic E-state index is 0.124. The molecule has 1 aliphatic heterocycles. The van der Waals surface area contributed by atoms with Gasteiger partial charge in [-0.2, -0.15) is 5.10 Å². The molecule has 1 aliphatic carbocycles. The summed E-state index contributed by atoms with van der Waals surface area (Å²) in [5, 5.41) is 14.4. The lowest BCUT2D eigenvalue weighted by atomic mass is 10.00. The summed E-state index contributed by atoms with van der Waals surface area (Å²) < 4.78 is 1.89. The fraction of sp³-hybridized carbons (Fsp3) is 0.571. The molecule has 5 nitrogen and oxygen atoms in total. The summed E-state index contributed by atoms with van der Waals surface area (Å²) >= 11 is 0. The third-order valence-corrected chi connectivity index (χ3v) is 4.61. The number of aliphatic hydroxyl groups is 1. The lowest BCUT2D eigenvalue weighted by molar-refractivity contribution is 0.133. The molecule has 1 N–H and O–H groups in total. The van der Waals surface area contributed by atoms with Crippen molar-refractivity contribution in [3.63, 3.8) is 0 Å². The Morgan fingerprint density at radius 3 is 3.05 bits per heavy atom. The van der Waals surface area contributed by atoms with Crippen LogP contribution in [0.5, 0.6) is 0 Å². The van der Waals surface area contributed by atoms with E-state index in [-0.39, 0.29) is 6.10 Å². The second-order valence-corrected chi connectivity index (χ2v) is 5.84. The van der Waals surface area contributed by atoms with Crippen LogP contribution in [0.2, 0.25) is 0 Å². The molecule has 5 heteroatoms. The van der Waals surface area contributed by atoms with Gasteiger partial charge in [0.25, 0.3) is 0 Å². The lowest BCUT2D eigenvalue weighted by Crippen LogP contribution is -2.25. The smallest absolute Gasteiger partial charge is 0.154 e. The second kappa shape index (κ2) is 3.93. The zero-order valence-corrected chi connectivity index (χ0v) is 11.0. The maximum atomic E-state index is 10.0. The van der Waals surface area contributed by atoms with Crippen LogP contribution in [0.25, 0.3) is 5.52 Å². The fourth-order valence-electron chi connectivity index (χ4n) is 3.68. The van der Waals surface area contributed by atoms with E-state index in [0.29, 0.717) is 11.8 Å². The van der Waals surface area contributed by atoms with Crippen molar-refractivity contribution in [2.24, 2.45) is 11.8 Å². The number of aryl methyl sites for hydroxylation is 1. The van der Waals surface area contributed by atoms with E-state index in [2.05, 4.69) is 21.0 Å². The van der Waals surface area contributed by atoms with Crippen molar-refractivity contribution in [2.45, 2.75) is 25.9 Å². The maximum Gasteiger partial charge on any atom is 0.154 e. The molecular weight excluding hydrogens is 240 g/mol. The predicted molar refractivity (Wildman–Crippen MR) is 72.2 cm³/mol. The normalized spacial score (nSPS) is 30.2. The van der Waals surface area contributed by atoms with Crippen LogP contribution in [-0.2, 0) is 0 Å². The van der Waals surface area contributed by atoms with Gasteiger partial charge in [0.1, 0.15) is 5.52 Å². The molecule has 4 rings (SSSR count). The van der Waals surface area contributed by atoms with Gasteiger partial charge < -0.3 is 10.0 Å². The Morgan fingerprint density at radius 1 is 1.32 bits per heavy atom. The van der Waals surface area contributed by atoms with Crippen LogP contribution in [0.15, 0.2) is 18.5 Å². The Labute approximate surface area is 111 Å². The fourth-order valence-corrected chi connectivity index (χ4v) is 3.68. The van der Waals surface area contributed by atoms with E-state index in [1.807, 2.05) is 17.6 Å². The van der Waals surface area contributed by atoms with Crippen molar-refractivity contribution in [2.75, 3.05) is 18.0 Å². The van der Waals surface area contributed by atoms with Gasteiger partial charge in [-0.05, 0) is 31.7 Å². The molecule has 1 saturated carbocycles. The standard InChI is InChI=1S/C14H18N4O/c1-9-6-12-14(15-4-5-18(12)16-9)17-7-10-2-3-13(19)11(10)8-17/h4-6,10-11,13,19H,2-3,7-8H2,1H3. The Bertz CT molecular complexity index is 623. The molecule has 100 valence electrons. The summed E-state index contributed by atoms with van der Waals surface area (Å²) in [5.41, 5.74) is 2.07. The van der Waals surface area contributed by atoms with Gasteiger partial charge in [-0.3, -0.25) is 0 Å². The van der Waals surface area contributed by atoms with E-state index < -0.39 is 0 Å². The number of hydrogen-bond acceptors (Lipinski definition) is 4. The lowest BCUT2D eigenvalue weighted by Gasteiger charge is -2.19. The second-order valence-electron chi connectivity index (χ2n) is 5.84. The first-order valence-corrected chi connectivity index (χ1v) is 6.96. The molecule has 0 amide bonds. The summed E-state index contributed by atoms with van der Waals surface area (Å²) in [6.07, 6.45) is 5.68.